The van der Waals surface area contributed by atoms with Crippen molar-refractivity contribution >= 4 is 29.1 Å². The molecule has 0 saturated carbocycles. The topological polar surface area (TPSA) is 70.9 Å². The van der Waals surface area contributed by atoms with Crippen LogP contribution in [0.15, 0.2) is 12.4 Å². The second kappa shape index (κ2) is 8.50. The van der Waals surface area contributed by atoms with Gasteiger partial charge in [0.2, 0.25) is 5.95 Å². The average molecular weight is 454 g/mol. The van der Waals surface area contributed by atoms with Crippen LogP contribution in [0.5, 0.6) is 0 Å². The van der Waals surface area contributed by atoms with Crippen LogP contribution in [0.3, 0.4) is 0 Å². The number of nitrogens with zero attached hydrogens (tertiary/aromatic N) is 5. The van der Waals surface area contributed by atoms with Gasteiger partial charge in [0.15, 0.2) is 5.15 Å². The van der Waals surface area contributed by atoms with E-state index >= 15 is 0 Å². The molecule has 1 aliphatic rings. The first-order valence-corrected chi connectivity index (χ1v) is 9.73. The van der Waals surface area contributed by atoms with Gasteiger partial charge in [0.1, 0.15) is 17.4 Å². The fourth-order valence-electron chi connectivity index (χ4n) is 3.21. The molecule has 0 spiro atoms. The normalized spacial score (nSPS) is 19.7. The monoisotopic (exact) mass is 453 g/mol. The smallest absolute Gasteiger partial charge is 0.370 e. The predicted molar refractivity (Wildman–Crippen MR) is 102 cm³/mol. The van der Waals surface area contributed by atoms with Crippen LogP contribution in [0.4, 0.5) is 39.4 Å². The van der Waals surface area contributed by atoms with E-state index in [0.29, 0.717) is 12.7 Å². The molecule has 1 atom stereocenters. The molecule has 2 aromatic rings. The number of anilines is 3. The lowest BCUT2D eigenvalue weighted by molar-refractivity contribution is -0.137. The van der Waals surface area contributed by atoms with Crippen molar-refractivity contribution in [3.63, 3.8) is 0 Å². The summed E-state index contributed by atoms with van der Waals surface area (Å²) in [6.07, 6.45) is -3.09. The van der Waals surface area contributed by atoms with E-state index in [9.17, 15) is 22.0 Å². The third-order valence-corrected chi connectivity index (χ3v) is 5.22. The van der Waals surface area contributed by atoms with E-state index in [0.717, 1.165) is 4.68 Å². The number of rotatable bonds is 6. The first-order chi connectivity index (χ1) is 14.1. The second-order valence-electron chi connectivity index (χ2n) is 6.82. The van der Waals surface area contributed by atoms with Crippen molar-refractivity contribution in [1.82, 2.24) is 24.6 Å². The molecule has 30 heavy (non-hydrogen) atoms. The number of nitrogens with one attached hydrogen (secondary N) is 2. The van der Waals surface area contributed by atoms with E-state index in [1.807, 2.05) is 11.8 Å². The highest BCUT2D eigenvalue weighted by Crippen LogP contribution is 2.40. The SMILES string of the molecule is CCNc1nc(Nc2cnn([C@H]3CN(CC)CCC3(F)F)c2Cl)ncc1C(F)(F)F. The number of piperidine rings is 1. The number of hydrogen-bond acceptors (Lipinski definition) is 6. The molecular weight excluding hydrogens is 433 g/mol. The summed E-state index contributed by atoms with van der Waals surface area (Å²) in [6, 6.07) is -1.26. The maximum atomic E-state index is 14.5. The summed E-state index contributed by atoms with van der Waals surface area (Å²) < 4.78 is 69.2. The Bertz CT molecular complexity index is 886. The van der Waals surface area contributed by atoms with Crippen molar-refractivity contribution in [3.8, 4) is 0 Å². The van der Waals surface area contributed by atoms with Crippen molar-refractivity contribution in [2.24, 2.45) is 0 Å². The number of aromatic nitrogens is 4. The Morgan fingerprint density at radius 1 is 1.27 bits per heavy atom. The number of likely N-dealkylation sites (tertiary alicyclic amines) is 1. The molecule has 1 fully saturated rings. The summed E-state index contributed by atoms with van der Waals surface area (Å²) in [4.78, 5) is 9.37. The van der Waals surface area contributed by atoms with E-state index in [-0.39, 0.29) is 42.8 Å². The van der Waals surface area contributed by atoms with Crippen LogP contribution in [-0.2, 0) is 6.18 Å². The zero-order chi connectivity index (χ0) is 22.1. The molecule has 7 nitrogen and oxygen atoms in total. The Morgan fingerprint density at radius 3 is 2.63 bits per heavy atom. The zero-order valence-electron chi connectivity index (χ0n) is 16.3. The van der Waals surface area contributed by atoms with E-state index in [4.69, 9.17) is 11.6 Å². The molecule has 0 bridgehead atoms. The van der Waals surface area contributed by atoms with Crippen LogP contribution < -0.4 is 10.6 Å². The lowest BCUT2D eigenvalue weighted by Gasteiger charge is -2.38. The molecule has 3 heterocycles. The number of likely N-dealkylation sites (N-methyl/N-ethyl adjacent to an activating group) is 1. The standard InChI is InChI=1S/C17H21ClF5N7/c1-3-24-14-10(17(21,22)23)7-25-15(28-14)27-11-8-26-30(13(11)18)12-9-29(4-2)6-5-16(12,19)20/h7-8,12H,3-6,9H2,1-2H3,(H2,24,25,27,28)/t12-/m0/s1. The molecule has 13 heteroatoms. The fourth-order valence-corrected chi connectivity index (χ4v) is 3.46. The summed E-state index contributed by atoms with van der Waals surface area (Å²) in [6.45, 7) is 4.68. The van der Waals surface area contributed by atoms with Crippen molar-refractivity contribution in [3.05, 3.63) is 23.1 Å². The van der Waals surface area contributed by atoms with Crippen LogP contribution in [0.1, 0.15) is 31.9 Å². The lowest BCUT2D eigenvalue weighted by Crippen LogP contribution is -2.48. The molecule has 2 N–H and O–H groups in total. The summed E-state index contributed by atoms with van der Waals surface area (Å²) in [5.74, 6) is -3.57. The summed E-state index contributed by atoms with van der Waals surface area (Å²) >= 11 is 6.27. The molecular formula is C17H21ClF5N7. The third-order valence-electron chi connectivity index (χ3n) is 4.84. The van der Waals surface area contributed by atoms with E-state index in [2.05, 4.69) is 25.7 Å². The third kappa shape index (κ3) is 4.59. The van der Waals surface area contributed by atoms with Crippen LogP contribution in [-0.4, -0.2) is 56.7 Å². The number of halogens is 6. The van der Waals surface area contributed by atoms with E-state index < -0.39 is 29.5 Å². The maximum Gasteiger partial charge on any atom is 0.421 e. The molecule has 1 aliphatic heterocycles. The van der Waals surface area contributed by atoms with Crippen molar-refractivity contribution in [1.29, 1.82) is 0 Å². The summed E-state index contributed by atoms with van der Waals surface area (Å²) in [5, 5.41) is 9.07. The van der Waals surface area contributed by atoms with Crippen LogP contribution in [0, 0.1) is 0 Å². The van der Waals surface area contributed by atoms with Gasteiger partial charge in [-0.15, -0.1) is 0 Å². The van der Waals surface area contributed by atoms with Gasteiger partial charge in [-0.25, -0.2) is 18.4 Å². The Morgan fingerprint density at radius 2 is 2.00 bits per heavy atom. The lowest BCUT2D eigenvalue weighted by atomic mass is 10.0. The molecule has 166 valence electrons. The van der Waals surface area contributed by atoms with E-state index in [1.165, 1.54) is 6.20 Å². The Hall–Kier alpha value is -2.21. The summed E-state index contributed by atoms with van der Waals surface area (Å²) in [5.41, 5.74) is -0.901. The quantitative estimate of drug-likeness (QED) is 0.631. The van der Waals surface area contributed by atoms with Crippen molar-refractivity contribution < 1.29 is 22.0 Å². The van der Waals surface area contributed by atoms with Crippen LogP contribution in [0.2, 0.25) is 5.15 Å². The van der Waals surface area contributed by atoms with Gasteiger partial charge in [-0.2, -0.15) is 23.3 Å². The molecule has 0 aliphatic carbocycles. The minimum absolute atomic E-state index is 0.0751. The minimum Gasteiger partial charge on any atom is -0.370 e. The molecule has 1 saturated heterocycles. The Kier molecular flexibility index (Phi) is 6.37. The highest BCUT2D eigenvalue weighted by molar-refractivity contribution is 6.32. The molecule has 0 aromatic carbocycles. The Labute approximate surface area is 174 Å². The molecule has 0 radical (unpaired) electrons. The van der Waals surface area contributed by atoms with Crippen LogP contribution in [0.25, 0.3) is 0 Å². The first-order valence-electron chi connectivity index (χ1n) is 9.35. The number of hydrogen-bond donors (Lipinski definition) is 2. The summed E-state index contributed by atoms with van der Waals surface area (Å²) in [7, 11) is 0. The first kappa shape index (κ1) is 22.5. The molecule has 3 rings (SSSR count). The fraction of sp³-hybridized carbons (Fsp3) is 0.588. The van der Waals surface area contributed by atoms with Gasteiger partial charge in [0.05, 0.1) is 11.9 Å². The largest absolute Gasteiger partial charge is 0.421 e. The zero-order valence-corrected chi connectivity index (χ0v) is 17.0. The second-order valence-corrected chi connectivity index (χ2v) is 7.18. The van der Waals surface area contributed by atoms with Gasteiger partial charge in [0, 0.05) is 32.3 Å². The van der Waals surface area contributed by atoms with Crippen molar-refractivity contribution in [2.75, 3.05) is 36.8 Å². The van der Waals surface area contributed by atoms with Gasteiger partial charge >= 0.3 is 6.18 Å². The van der Waals surface area contributed by atoms with Gasteiger partial charge in [-0.3, -0.25) is 0 Å². The van der Waals surface area contributed by atoms with E-state index in [1.54, 1.807) is 6.92 Å². The predicted octanol–water partition coefficient (Wildman–Crippen LogP) is 4.42. The molecule has 0 amide bonds. The highest BCUT2D eigenvalue weighted by atomic mass is 35.5. The number of alkyl halides is 5. The molecule has 0 unspecified atom stereocenters. The van der Waals surface area contributed by atoms with Gasteiger partial charge in [0.25, 0.3) is 5.92 Å². The average Bonchev–Trinajstić information content (AvgIpc) is 3.01. The van der Waals surface area contributed by atoms with Crippen LogP contribution >= 0.6 is 11.6 Å². The minimum atomic E-state index is -4.63. The molecule has 2 aromatic heterocycles. The maximum absolute atomic E-state index is 14.5. The van der Waals surface area contributed by atoms with Gasteiger partial charge in [-0.05, 0) is 13.5 Å². The van der Waals surface area contributed by atoms with Crippen molar-refractivity contribution in [2.45, 2.75) is 38.4 Å². The Balaban J connectivity index is 1.87. The van der Waals surface area contributed by atoms with Gasteiger partial charge < -0.3 is 15.5 Å². The highest BCUT2D eigenvalue weighted by Gasteiger charge is 2.46. The van der Waals surface area contributed by atoms with Gasteiger partial charge in [-0.1, -0.05) is 18.5 Å².